The van der Waals surface area contributed by atoms with Gasteiger partial charge in [-0.25, -0.2) is 9.80 Å². The van der Waals surface area contributed by atoms with Crippen LogP contribution in [0.25, 0.3) is 0 Å². The summed E-state index contributed by atoms with van der Waals surface area (Å²) in [7, 11) is 0. The fraction of sp³-hybridized carbons (Fsp3) is 0.400. The van der Waals surface area contributed by atoms with Crippen molar-refractivity contribution in [3.63, 3.8) is 0 Å². The number of nitrogens with zero attached hydrogens (tertiary/aromatic N) is 2. The van der Waals surface area contributed by atoms with Gasteiger partial charge < -0.3 is 10.8 Å². The highest BCUT2D eigenvalue weighted by molar-refractivity contribution is 6.22. The quantitative estimate of drug-likeness (QED) is 0.366. The SMILES string of the molecule is N[C@H]1CN(/N=C\C(=O)O)C1=O. The Balaban J connectivity index is 2.42. The van der Waals surface area contributed by atoms with E-state index < -0.39 is 12.0 Å². The third-order valence-electron chi connectivity index (χ3n) is 1.25. The maximum atomic E-state index is 10.7. The number of rotatable bonds is 2. The molecule has 0 aliphatic carbocycles. The molecule has 0 unspecified atom stereocenters. The van der Waals surface area contributed by atoms with Crippen molar-refractivity contribution in [2.45, 2.75) is 6.04 Å². The normalized spacial score (nSPS) is 23.9. The number of carbonyl (C=O) groups is 2. The molecule has 1 heterocycles. The average Bonchev–Trinajstić information content (AvgIpc) is 1.96. The number of carboxylic acid groups (broad SMARTS) is 1. The highest BCUT2D eigenvalue weighted by atomic mass is 16.4. The summed E-state index contributed by atoms with van der Waals surface area (Å²) in [5.74, 6) is -1.53. The molecular weight excluding hydrogens is 150 g/mol. The van der Waals surface area contributed by atoms with Crippen molar-refractivity contribution in [3.05, 3.63) is 0 Å². The Morgan fingerprint density at radius 3 is 2.91 bits per heavy atom. The zero-order valence-electron chi connectivity index (χ0n) is 5.60. The smallest absolute Gasteiger partial charge is 0.348 e. The predicted octanol–water partition coefficient (Wildman–Crippen LogP) is -1.77. The summed E-state index contributed by atoms with van der Waals surface area (Å²) in [5.41, 5.74) is 5.21. The first kappa shape index (κ1) is 7.67. The molecule has 1 atom stereocenters. The minimum absolute atomic E-state index is 0.294. The van der Waals surface area contributed by atoms with Crippen LogP contribution in [-0.4, -0.2) is 40.8 Å². The van der Waals surface area contributed by atoms with Crippen LogP contribution in [-0.2, 0) is 9.59 Å². The highest BCUT2D eigenvalue weighted by Crippen LogP contribution is 2.06. The molecule has 1 aliphatic rings. The molecule has 6 nitrogen and oxygen atoms in total. The van der Waals surface area contributed by atoms with Gasteiger partial charge in [0.1, 0.15) is 12.3 Å². The Bertz CT molecular complexity index is 225. The minimum atomic E-state index is -1.18. The number of nitrogens with two attached hydrogens (primary N) is 1. The summed E-state index contributed by atoms with van der Waals surface area (Å²) in [6, 6.07) is -0.513. The van der Waals surface area contributed by atoms with E-state index in [4.69, 9.17) is 10.8 Å². The first-order valence-electron chi connectivity index (χ1n) is 2.95. The topological polar surface area (TPSA) is 96.0 Å². The third kappa shape index (κ3) is 1.53. The van der Waals surface area contributed by atoms with E-state index in [1.54, 1.807) is 0 Å². The second-order valence-corrected chi connectivity index (χ2v) is 2.11. The molecular formula is C5H7N3O3. The van der Waals surface area contributed by atoms with E-state index >= 15 is 0 Å². The molecule has 1 amide bonds. The van der Waals surface area contributed by atoms with Crippen molar-refractivity contribution in [2.24, 2.45) is 10.8 Å². The first-order chi connectivity index (χ1) is 5.11. The fourth-order valence-electron chi connectivity index (χ4n) is 0.656. The Kier molecular flexibility index (Phi) is 1.86. The summed E-state index contributed by atoms with van der Waals surface area (Å²) in [4.78, 5) is 20.6. The van der Waals surface area contributed by atoms with E-state index in [0.29, 0.717) is 12.8 Å². The van der Waals surface area contributed by atoms with Crippen LogP contribution in [0.15, 0.2) is 5.10 Å². The number of hydrazone groups is 1. The molecule has 0 aromatic heterocycles. The molecule has 0 aromatic carbocycles. The van der Waals surface area contributed by atoms with Crippen molar-refractivity contribution in [1.82, 2.24) is 5.01 Å². The molecule has 1 fully saturated rings. The first-order valence-corrected chi connectivity index (χ1v) is 2.95. The molecule has 0 bridgehead atoms. The van der Waals surface area contributed by atoms with E-state index in [1.807, 2.05) is 0 Å². The molecule has 6 heteroatoms. The van der Waals surface area contributed by atoms with Gasteiger partial charge in [-0.2, -0.15) is 5.10 Å². The van der Waals surface area contributed by atoms with Crippen LogP contribution in [0.5, 0.6) is 0 Å². The lowest BCUT2D eigenvalue weighted by Gasteiger charge is -2.30. The van der Waals surface area contributed by atoms with Crippen LogP contribution >= 0.6 is 0 Å². The lowest BCUT2D eigenvalue weighted by Crippen LogP contribution is -2.58. The van der Waals surface area contributed by atoms with Gasteiger partial charge in [-0.3, -0.25) is 4.79 Å². The third-order valence-corrected chi connectivity index (χ3v) is 1.25. The number of hydrogen-bond donors (Lipinski definition) is 2. The van der Waals surface area contributed by atoms with E-state index in [9.17, 15) is 9.59 Å². The summed E-state index contributed by atoms with van der Waals surface area (Å²) >= 11 is 0. The second kappa shape index (κ2) is 2.67. The molecule has 0 aromatic rings. The van der Waals surface area contributed by atoms with Gasteiger partial charge in [-0.1, -0.05) is 0 Å². The van der Waals surface area contributed by atoms with Gasteiger partial charge >= 0.3 is 5.97 Å². The van der Waals surface area contributed by atoms with Crippen LogP contribution < -0.4 is 5.73 Å². The Labute approximate surface area is 62.3 Å². The standard InChI is InChI=1S/C5H7N3O3/c6-3-2-8(5(3)11)7-1-4(9)10/h1,3H,2,6H2,(H,9,10)/b7-1-/t3-/m0/s1. The molecule has 60 valence electrons. The monoisotopic (exact) mass is 157 g/mol. The van der Waals surface area contributed by atoms with Crippen LogP contribution in [0.1, 0.15) is 0 Å². The second-order valence-electron chi connectivity index (χ2n) is 2.11. The number of β-lactam (4-membered cyclic amide) rings is 1. The van der Waals surface area contributed by atoms with Crippen molar-refractivity contribution in [2.75, 3.05) is 6.54 Å². The van der Waals surface area contributed by atoms with Crippen LogP contribution in [0.3, 0.4) is 0 Å². The maximum Gasteiger partial charge on any atom is 0.348 e. The van der Waals surface area contributed by atoms with Gasteiger partial charge in [0.25, 0.3) is 5.91 Å². The maximum absolute atomic E-state index is 10.7. The molecule has 1 saturated heterocycles. The highest BCUT2D eigenvalue weighted by Gasteiger charge is 2.33. The number of carboxylic acids is 1. The van der Waals surface area contributed by atoms with Crippen molar-refractivity contribution in [3.8, 4) is 0 Å². The Morgan fingerprint density at radius 2 is 2.55 bits per heavy atom. The fourth-order valence-corrected chi connectivity index (χ4v) is 0.656. The molecule has 3 N–H and O–H groups in total. The van der Waals surface area contributed by atoms with Crippen molar-refractivity contribution >= 4 is 18.1 Å². The number of carbonyl (C=O) groups excluding carboxylic acids is 1. The van der Waals surface area contributed by atoms with E-state index in [0.717, 1.165) is 5.01 Å². The average molecular weight is 157 g/mol. The van der Waals surface area contributed by atoms with Gasteiger partial charge in [-0.05, 0) is 0 Å². The van der Waals surface area contributed by atoms with Crippen LogP contribution in [0.4, 0.5) is 0 Å². The van der Waals surface area contributed by atoms with Gasteiger partial charge in [0.05, 0.1) is 6.54 Å². The van der Waals surface area contributed by atoms with E-state index in [1.165, 1.54) is 0 Å². The van der Waals surface area contributed by atoms with Gasteiger partial charge in [0, 0.05) is 0 Å². The van der Waals surface area contributed by atoms with E-state index in [2.05, 4.69) is 5.10 Å². The van der Waals surface area contributed by atoms with Gasteiger partial charge in [0.2, 0.25) is 0 Å². The number of hydrogen-bond acceptors (Lipinski definition) is 4. The Morgan fingerprint density at radius 1 is 1.91 bits per heavy atom. The van der Waals surface area contributed by atoms with Crippen molar-refractivity contribution < 1.29 is 14.7 Å². The number of amides is 1. The lowest BCUT2D eigenvalue weighted by molar-refractivity contribution is -0.142. The molecule has 0 spiro atoms. The summed E-state index contributed by atoms with van der Waals surface area (Å²) in [6.45, 7) is 0.294. The summed E-state index contributed by atoms with van der Waals surface area (Å²) < 4.78 is 0. The number of aliphatic carboxylic acids is 1. The lowest BCUT2D eigenvalue weighted by atomic mass is 10.2. The molecule has 0 radical (unpaired) electrons. The molecule has 1 rings (SSSR count). The van der Waals surface area contributed by atoms with Crippen molar-refractivity contribution in [1.29, 1.82) is 0 Å². The van der Waals surface area contributed by atoms with Gasteiger partial charge in [-0.15, -0.1) is 0 Å². The zero-order chi connectivity index (χ0) is 8.43. The summed E-state index contributed by atoms with van der Waals surface area (Å²) in [5, 5.41) is 12.5. The van der Waals surface area contributed by atoms with Crippen LogP contribution in [0.2, 0.25) is 0 Å². The Hall–Kier alpha value is -1.43. The summed E-state index contributed by atoms with van der Waals surface area (Å²) in [6.07, 6.45) is 0.657. The minimum Gasteiger partial charge on any atom is -0.477 e. The molecule has 0 saturated carbocycles. The van der Waals surface area contributed by atoms with Crippen LogP contribution in [0, 0.1) is 0 Å². The largest absolute Gasteiger partial charge is 0.477 e. The van der Waals surface area contributed by atoms with Gasteiger partial charge in [0.15, 0.2) is 0 Å². The predicted molar refractivity (Wildman–Crippen MR) is 35.8 cm³/mol. The molecule has 11 heavy (non-hydrogen) atoms. The van der Waals surface area contributed by atoms with E-state index in [-0.39, 0.29) is 5.91 Å². The zero-order valence-corrected chi connectivity index (χ0v) is 5.60. The molecule has 1 aliphatic heterocycles.